The molecule has 5 atom stereocenters. The van der Waals surface area contributed by atoms with Crippen LogP contribution in [0.5, 0.6) is 5.75 Å². The van der Waals surface area contributed by atoms with Gasteiger partial charge in [0.1, 0.15) is 30.3 Å². The Balaban J connectivity index is 1.73. The average molecular weight is 513 g/mol. The van der Waals surface area contributed by atoms with Gasteiger partial charge in [0.25, 0.3) is 5.56 Å². The van der Waals surface area contributed by atoms with Crippen molar-refractivity contribution < 1.29 is 32.3 Å². The van der Waals surface area contributed by atoms with Crippen LogP contribution >= 0.6 is 7.75 Å². The van der Waals surface area contributed by atoms with Crippen LogP contribution in [-0.2, 0) is 23.4 Å². The number of H-pyrrole nitrogens is 1. The summed E-state index contributed by atoms with van der Waals surface area (Å²) in [4.78, 5) is 38.1. The van der Waals surface area contributed by atoms with Crippen LogP contribution in [0.3, 0.4) is 0 Å². The zero-order chi connectivity index (χ0) is 25.8. The molecule has 2 aromatic rings. The molecule has 0 amide bonds. The van der Waals surface area contributed by atoms with E-state index in [1.807, 2.05) is 0 Å². The minimum Gasteiger partial charge on any atom is -0.462 e. The van der Waals surface area contributed by atoms with Crippen molar-refractivity contribution >= 4 is 13.7 Å². The van der Waals surface area contributed by atoms with E-state index in [2.05, 4.69) is 10.1 Å². The summed E-state index contributed by atoms with van der Waals surface area (Å²) in [5.41, 5.74) is -1.02. The number of alkyl halides is 1. The molecule has 2 N–H and O–H groups in total. The minimum absolute atomic E-state index is 0.187. The Bertz CT molecular complexity index is 1190. The highest BCUT2D eigenvalue weighted by atomic mass is 31.2. The summed E-state index contributed by atoms with van der Waals surface area (Å²) < 4.78 is 51.1. The van der Waals surface area contributed by atoms with E-state index in [1.54, 1.807) is 44.2 Å². The van der Waals surface area contributed by atoms with Crippen LogP contribution in [0.1, 0.15) is 39.0 Å². The number of carbonyl (C=O) groups is 1. The van der Waals surface area contributed by atoms with Crippen molar-refractivity contribution in [3.05, 3.63) is 62.9 Å². The van der Waals surface area contributed by atoms with Crippen LogP contribution in [0, 0.1) is 6.92 Å². The van der Waals surface area contributed by atoms with E-state index in [9.17, 15) is 23.3 Å². The number of hydrogen-bond donors (Lipinski definition) is 2. The number of rotatable bonds is 10. The second-order valence-electron chi connectivity index (χ2n) is 8.39. The first-order chi connectivity index (χ1) is 16.5. The van der Waals surface area contributed by atoms with Crippen LogP contribution < -0.4 is 20.9 Å². The monoisotopic (exact) mass is 513 g/mol. The summed E-state index contributed by atoms with van der Waals surface area (Å²) in [6, 6.07) is 7.06. The Labute approximate surface area is 201 Å². The number of carbonyl (C=O) groups excluding carboxylic acids is 1. The first kappa shape index (κ1) is 26.8. The summed E-state index contributed by atoms with van der Waals surface area (Å²) in [6.45, 7) is 5.78. The number of esters is 1. The molecule has 13 heteroatoms. The lowest BCUT2D eigenvalue weighted by Gasteiger charge is -2.24. The van der Waals surface area contributed by atoms with Gasteiger partial charge in [0.05, 0.1) is 12.7 Å². The lowest BCUT2D eigenvalue weighted by molar-refractivity contribution is -0.149. The number of ether oxygens (including phenoxy) is 2. The molecule has 3 rings (SSSR count). The first-order valence-electron chi connectivity index (χ1n) is 11.1. The normalized spacial score (nSPS) is 22.5. The molecule has 0 spiro atoms. The van der Waals surface area contributed by atoms with Gasteiger partial charge < -0.3 is 14.0 Å². The van der Waals surface area contributed by atoms with Gasteiger partial charge in [0.15, 0.2) is 0 Å². The molecule has 192 valence electrons. The molecular weight excluding hydrogens is 484 g/mol. The quantitative estimate of drug-likeness (QED) is 0.363. The molecule has 35 heavy (non-hydrogen) atoms. The Morgan fingerprint density at radius 1 is 1.29 bits per heavy atom. The van der Waals surface area contributed by atoms with Crippen LogP contribution in [0.15, 0.2) is 46.1 Å². The highest BCUT2D eigenvalue weighted by Gasteiger charge is 2.40. The molecule has 1 aromatic carbocycles. The number of benzene rings is 1. The molecule has 1 aliphatic heterocycles. The predicted molar refractivity (Wildman–Crippen MR) is 124 cm³/mol. The fraction of sp³-hybridized carbons (Fsp3) is 0.500. The molecule has 2 heterocycles. The van der Waals surface area contributed by atoms with E-state index in [4.69, 9.17) is 18.5 Å². The Kier molecular flexibility index (Phi) is 8.65. The summed E-state index contributed by atoms with van der Waals surface area (Å²) in [6.07, 6.45) is -3.04. The number of aryl methyl sites for hydroxylation is 1. The maximum atomic E-state index is 14.8. The van der Waals surface area contributed by atoms with Crippen molar-refractivity contribution in [2.75, 3.05) is 6.61 Å². The summed E-state index contributed by atoms with van der Waals surface area (Å²) in [5.74, 6) is -0.473. The molecule has 1 saturated heterocycles. The third kappa shape index (κ3) is 7.11. The summed E-state index contributed by atoms with van der Waals surface area (Å²) in [7, 11) is -4.20. The second kappa shape index (κ2) is 11.3. The van der Waals surface area contributed by atoms with Gasteiger partial charge in [-0.2, -0.15) is 5.09 Å². The number of aromatic amines is 1. The van der Waals surface area contributed by atoms with Gasteiger partial charge in [-0.15, -0.1) is 0 Å². The average Bonchev–Trinajstić information content (AvgIpc) is 3.15. The molecule has 0 bridgehead atoms. The Morgan fingerprint density at radius 2 is 1.97 bits per heavy atom. The van der Waals surface area contributed by atoms with E-state index >= 15 is 0 Å². The van der Waals surface area contributed by atoms with Crippen LogP contribution in [0.2, 0.25) is 0 Å². The van der Waals surface area contributed by atoms with Gasteiger partial charge in [-0.25, -0.2) is 13.8 Å². The fourth-order valence-corrected chi connectivity index (χ4v) is 4.82. The van der Waals surface area contributed by atoms with Crippen LogP contribution in [-0.4, -0.2) is 46.5 Å². The highest BCUT2D eigenvalue weighted by molar-refractivity contribution is 7.52. The maximum Gasteiger partial charge on any atom is 0.459 e. The lowest BCUT2D eigenvalue weighted by atomic mass is 10.2. The molecular formula is C22H29FN3O8P. The minimum atomic E-state index is -4.20. The van der Waals surface area contributed by atoms with Gasteiger partial charge >= 0.3 is 19.4 Å². The van der Waals surface area contributed by atoms with Gasteiger partial charge in [-0.3, -0.25) is 23.7 Å². The number of aromatic nitrogens is 2. The van der Waals surface area contributed by atoms with Crippen LogP contribution in [0.25, 0.3) is 0 Å². The number of para-hydroxylation sites is 1. The molecule has 0 radical (unpaired) electrons. The zero-order valence-corrected chi connectivity index (χ0v) is 20.7. The van der Waals surface area contributed by atoms with E-state index in [1.165, 1.54) is 20.0 Å². The van der Waals surface area contributed by atoms with Gasteiger partial charge in [0.2, 0.25) is 0 Å². The summed E-state index contributed by atoms with van der Waals surface area (Å²) in [5, 5.41) is 2.52. The van der Waals surface area contributed by atoms with Crippen molar-refractivity contribution in [3.63, 3.8) is 0 Å². The maximum absolute atomic E-state index is 14.8. The van der Waals surface area contributed by atoms with E-state index in [0.717, 1.165) is 4.57 Å². The predicted octanol–water partition coefficient (Wildman–Crippen LogP) is 2.60. The summed E-state index contributed by atoms with van der Waals surface area (Å²) >= 11 is 0. The first-order valence-corrected chi connectivity index (χ1v) is 12.6. The number of halogens is 1. The van der Waals surface area contributed by atoms with Crippen molar-refractivity contribution in [2.24, 2.45) is 0 Å². The van der Waals surface area contributed by atoms with Crippen molar-refractivity contribution in [1.29, 1.82) is 0 Å². The molecule has 0 aliphatic carbocycles. The standard InChI is InChI=1S/C22H29FN3O8P/c1-13(2)32-21(28)15(4)25-35(30,34-16-8-6-5-7-9-16)31-12-18-17(23)10-19(33-18)26-11-14(3)20(27)24-22(26)29/h5-9,11,13,15,17-19H,10,12H2,1-4H3,(H,25,30)(H,24,27,29)/t15-,17-,18+,19+,35?/m0/s1. The smallest absolute Gasteiger partial charge is 0.459 e. The van der Waals surface area contributed by atoms with Crippen molar-refractivity contribution in [2.45, 2.75) is 64.8 Å². The van der Waals surface area contributed by atoms with Gasteiger partial charge in [-0.05, 0) is 39.8 Å². The van der Waals surface area contributed by atoms with E-state index in [-0.39, 0.29) is 17.7 Å². The number of nitrogens with one attached hydrogen (secondary N) is 2. The topological polar surface area (TPSA) is 138 Å². The lowest BCUT2D eigenvalue weighted by Crippen LogP contribution is -2.37. The van der Waals surface area contributed by atoms with Gasteiger partial charge in [0, 0.05) is 18.2 Å². The molecule has 1 aliphatic rings. The fourth-order valence-electron chi connectivity index (χ4n) is 3.32. The van der Waals surface area contributed by atoms with Crippen molar-refractivity contribution in [1.82, 2.24) is 14.6 Å². The molecule has 1 unspecified atom stereocenters. The third-order valence-corrected chi connectivity index (χ3v) is 6.70. The molecule has 11 nitrogen and oxygen atoms in total. The van der Waals surface area contributed by atoms with Crippen molar-refractivity contribution in [3.8, 4) is 5.75 Å². The molecule has 0 saturated carbocycles. The zero-order valence-electron chi connectivity index (χ0n) is 19.8. The number of hydrogen-bond acceptors (Lipinski definition) is 8. The van der Waals surface area contributed by atoms with E-state index in [0.29, 0.717) is 0 Å². The Hall–Kier alpha value is -2.79. The van der Waals surface area contributed by atoms with E-state index < -0.39 is 62.2 Å². The van der Waals surface area contributed by atoms with Crippen LogP contribution in [0.4, 0.5) is 4.39 Å². The second-order valence-corrected chi connectivity index (χ2v) is 10.1. The third-order valence-electron chi connectivity index (χ3n) is 5.05. The SMILES string of the molecule is Cc1cn([C@H]2C[C@H](F)[C@@H](COP(=O)(N[C@@H](C)C(=O)OC(C)C)Oc3ccccc3)O2)c(=O)[nH]c1=O. The largest absolute Gasteiger partial charge is 0.462 e. The number of nitrogens with zero attached hydrogens (tertiary/aromatic N) is 1. The molecule has 1 fully saturated rings. The molecule has 1 aromatic heterocycles. The highest BCUT2D eigenvalue weighted by Crippen LogP contribution is 2.46. The van der Waals surface area contributed by atoms with Gasteiger partial charge in [-0.1, -0.05) is 18.2 Å². The Morgan fingerprint density at radius 3 is 2.63 bits per heavy atom.